The molecule has 1 saturated carbocycles. The van der Waals surface area contributed by atoms with E-state index in [-0.39, 0.29) is 5.56 Å². The first-order valence-electron chi connectivity index (χ1n) is 7.61. The Hall–Kier alpha value is -1.62. The molecule has 20 heavy (non-hydrogen) atoms. The van der Waals surface area contributed by atoms with Gasteiger partial charge in [0.25, 0.3) is 5.56 Å². The van der Waals surface area contributed by atoms with Crippen LogP contribution in [0.3, 0.4) is 0 Å². The van der Waals surface area contributed by atoms with Gasteiger partial charge in [-0.3, -0.25) is 4.79 Å². The summed E-state index contributed by atoms with van der Waals surface area (Å²) in [6.07, 6.45) is 13.3. The molecule has 5 nitrogen and oxygen atoms in total. The van der Waals surface area contributed by atoms with E-state index in [1.54, 1.807) is 21.3 Å². The quantitative estimate of drug-likeness (QED) is 0.865. The fourth-order valence-corrected chi connectivity index (χ4v) is 3.01. The van der Waals surface area contributed by atoms with Crippen LogP contribution in [-0.4, -0.2) is 26.8 Å². The van der Waals surface area contributed by atoms with Gasteiger partial charge in [0.2, 0.25) is 0 Å². The summed E-state index contributed by atoms with van der Waals surface area (Å²) >= 11 is 0. The van der Waals surface area contributed by atoms with Gasteiger partial charge in [0.15, 0.2) is 0 Å². The molecule has 3 rings (SSSR count). The maximum Gasteiger partial charge on any atom is 0.276 e. The van der Waals surface area contributed by atoms with Crippen molar-refractivity contribution in [1.82, 2.24) is 19.5 Å². The topological polar surface area (TPSA) is 51.3 Å². The van der Waals surface area contributed by atoms with Gasteiger partial charge in [0.1, 0.15) is 5.52 Å². The van der Waals surface area contributed by atoms with Gasteiger partial charge in [-0.25, -0.2) is 4.52 Å². The van der Waals surface area contributed by atoms with Gasteiger partial charge in [0.05, 0.1) is 6.20 Å². The van der Waals surface area contributed by atoms with Crippen molar-refractivity contribution in [3.63, 3.8) is 0 Å². The summed E-state index contributed by atoms with van der Waals surface area (Å²) in [5, 5.41) is 7.67. The molecule has 5 heteroatoms. The fraction of sp³-hybridized carbons (Fsp3) is 0.600. The summed E-state index contributed by atoms with van der Waals surface area (Å²) in [7, 11) is 0. The fourth-order valence-electron chi connectivity index (χ4n) is 3.01. The normalized spacial score (nSPS) is 17.4. The van der Waals surface area contributed by atoms with Crippen LogP contribution >= 0.6 is 0 Å². The molecule has 0 atom stereocenters. The Bertz CT molecular complexity index is 608. The Morgan fingerprint density at radius 1 is 1.20 bits per heavy atom. The Kier molecular flexibility index (Phi) is 4.16. The van der Waals surface area contributed by atoms with Gasteiger partial charge in [-0.1, -0.05) is 25.7 Å². The van der Waals surface area contributed by atoms with Gasteiger partial charge in [0, 0.05) is 31.5 Å². The first-order chi connectivity index (χ1) is 9.84. The van der Waals surface area contributed by atoms with E-state index >= 15 is 0 Å². The lowest BCUT2D eigenvalue weighted by molar-refractivity contribution is 0.443. The predicted octanol–water partition coefficient (Wildman–Crippen LogP) is 1.81. The lowest BCUT2D eigenvalue weighted by Crippen LogP contribution is -2.33. The highest BCUT2D eigenvalue weighted by molar-refractivity contribution is 5.42. The van der Waals surface area contributed by atoms with Crippen LogP contribution in [0.4, 0.5) is 0 Å². The molecule has 0 bridgehead atoms. The van der Waals surface area contributed by atoms with Crippen LogP contribution in [0.1, 0.15) is 38.5 Å². The average molecular weight is 274 g/mol. The summed E-state index contributed by atoms with van der Waals surface area (Å²) in [6.45, 7) is 1.58. The molecule has 1 aliphatic rings. The molecule has 0 unspecified atom stereocenters. The molecular weight excluding hydrogens is 252 g/mol. The highest BCUT2D eigenvalue weighted by Crippen LogP contribution is 2.16. The number of nitrogens with one attached hydrogen (secondary N) is 1. The van der Waals surface area contributed by atoms with E-state index in [9.17, 15) is 4.79 Å². The zero-order chi connectivity index (χ0) is 13.8. The van der Waals surface area contributed by atoms with Gasteiger partial charge in [-0.15, -0.1) is 0 Å². The van der Waals surface area contributed by atoms with E-state index in [0.29, 0.717) is 11.6 Å². The minimum absolute atomic E-state index is 0.0349. The number of aromatic nitrogens is 3. The summed E-state index contributed by atoms with van der Waals surface area (Å²) < 4.78 is 3.39. The molecular formula is C15H22N4O. The van der Waals surface area contributed by atoms with Crippen LogP contribution in [0.25, 0.3) is 5.52 Å². The first-order valence-corrected chi connectivity index (χ1v) is 7.61. The third-order valence-corrected chi connectivity index (χ3v) is 4.18. The lowest BCUT2D eigenvalue weighted by atomic mass is 10.1. The molecule has 0 aromatic carbocycles. The Morgan fingerprint density at radius 2 is 2.00 bits per heavy atom. The summed E-state index contributed by atoms with van der Waals surface area (Å²) in [4.78, 5) is 12.2. The van der Waals surface area contributed by atoms with Crippen molar-refractivity contribution < 1.29 is 0 Å². The number of hydrogen-bond acceptors (Lipinski definition) is 3. The van der Waals surface area contributed by atoms with Crippen molar-refractivity contribution in [2.24, 2.45) is 0 Å². The second-order valence-electron chi connectivity index (χ2n) is 5.60. The molecule has 2 aromatic heterocycles. The average Bonchev–Trinajstić information content (AvgIpc) is 2.79. The van der Waals surface area contributed by atoms with E-state index in [4.69, 9.17) is 0 Å². The smallest absolute Gasteiger partial charge is 0.276 e. The maximum absolute atomic E-state index is 12.2. The number of rotatable bonds is 4. The third kappa shape index (κ3) is 2.93. The minimum Gasteiger partial charge on any atom is -0.312 e. The van der Waals surface area contributed by atoms with E-state index in [1.165, 1.54) is 38.5 Å². The SMILES string of the molecule is O=c1c2ccnn2ccn1CCNC1CCCCCC1. The van der Waals surface area contributed by atoms with Crippen LogP contribution in [-0.2, 0) is 6.54 Å². The highest BCUT2D eigenvalue weighted by atomic mass is 16.1. The molecule has 0 aliphatic heterocycles. The molecule has 0 radical (unpaired) electrons. The molecule has 1 fully saturated rings. The number of nitrogens with zero attached hydrogens (tertiary/aromatic N) is 3. The van der Waals surface area contributed by atoms with Crippen LogP contribution in [0.2, 0.25) is 0 Å². The van der Waals surface area contributed by atoms with Crippen molar-refractivity contribution >= 4 is 5.52 Å². The standard InChI is InChI=1S/C15H22N4O/c20-15-14-7-8-17-19(14)12-11-18(15)10-9-16-13-5-3-1-2-4-6-13/h7-8,11-13,16H,1-6,9-10H2. The second kappa shape index (κ2) is 6.22. The van der Waals surface area contributed by atoms with Crippen molar-refractivity contribution in [3.05, 3.63) is 35.0 Å². The van der Waals surface area contributed by atoms with E-state index < -0.39 is 0 Å². The van der Waals surface area contributed by atoms with Crippen molar-refractivity contribution in [3.8, 4) is 0 Å². The minimum atomic E-state index is 0.0349. The van der Waals surface area contributed by atoms with E-state index in [2.05, 4.69) is 10.4 Å². The monoisotopic (exact) mass is 274 g/mol. The lowest BCUT2D eigenvalue weighted by Gasteiger charge is -2.16. The molecule has 2 aromatic rings. The molecule has 1 N–H and O–H groups in total. The molecule has 2 heterocycles. The molecule has 1 aliphatic carbocycles. The highest BCUT2D eigenvalue weighted by Gasteiger charge is 2.11. The van der Waals surface area contributed by atoms with Crippen LogP contribution in [0.15, 0.2) is 29.5 Å². The van der Waals surface area contributed by atoms with E-state index in [1.807, 2.05) is 12.4 Å². The molecule has 108 valence electrons. The predicted molar refractivity (Wildman–Crippen MR) is 78.9 cm³/mol. The summed E-state index contributed by atoms with van der Waals surface area (Å²) in [5.41, 5.74) is 0.676. The third-order valence-electron chi connectivity index (χ3n) is 4.18. The van der Waals surface area contributed by atoms with Gasteiger partial charge in [-0.2, -0.15) is 5.10 Å². The number of fused-ring (bicyclic) bond motifs is 1. The Balaban J connectivity index is 1.59. The van der Waals surface area contributed by atoms with Crippen LogP contribution < -0.4 is 10.9 Å². The molecule has 0 amide bonds. The van der Waals surface area contributed by atoms with E-state index in [0.717, 1.165) is 13.1 Å². The van der Waals surface area contributed by atoms with Crippen LogP contribution in [0.5, 0.6) is 0 Å². The molecule has 0 saturated heterocycles. The second-order valence-corrected chi connectivity index (χ2v) is 5.60. The maximum atomic E-state index is 12.2. The van der Waals surface area contributed by atoms with Crippen LogP contribution in [0, 0.1) is 0 Å². The van der Waals surface area contributed by atoms with Gasteiger partial charge < -0.3 is 9.88 Å². The summed E-state index contributed by atoms with van der Waals surface area (Å²) in [6, 6.07) is 2.39. The Morgan fingerprint density at radius 3 is 2.80 bits per heavy atom. The van der Waals surface area contributed by atoms with Crippen molar-refractivity contribution in [1.29, 1.82) is 0 Å². The molecule has 0 spiro atoms. The summed E-state index contributed by atoms with van der Waals surface area (Å²) in [5.74, 6) is 0. The largest absolute Gasteiger partial charge is 0.312 e. The van der Waals surface area contributed by atoms with Gasteiger partial charge in [-0.05, 0) is 18.9 Å². The first kappa shape index (κ1) is 13.4. The van der Waals surface area contributed by atoms with Crippen molar-refractivity contribution in [2.45, 2.75) is 51.1 Å². The van der Waals surface area contributed by atoms with Gasteiger partial charge >= 0.3 is 0 Å². The number of hydrogen-bond donors (Lipinski definition) is 1. The Labute approximate surface area is 118 Å². The zero-order valence-electron chi connectivity index (χ0n) is 11.8. The van der Waals surface area contributed by atoms with Crippen molar-refractivity contribution in [2.75, 3.05) is 6.54 Å². The zero-order valence-corrected chi connectivity index (χ0v) is 11.8.